The summed E-state index contributed by atoms with van der Waals surface area (Å²) >= 11 is 0. The van der Waals surface area contributed by atoms with Crippen LogP contribution < -0.4 is 5.73 Å². The molecule has 1 aromatic carbocycles. The molecule has 1 aromatic rings. The zero-order valence-corrected chi connectivity index (χ0v) is 10.5. The van der Waals surface area contributed by atoms with Crippen molar-refractivity contribution in [1.29, 1.82) is 0 Å². The van der Waals surface area contributed by atoms with Gasteiger partial charge in [-0.25, -0.2) is 0 Å². The van der Waals surface area contributed by atoms with E-state index in [9.17, 15) is 4.79 Å². The van der Waals surface area contributed by atoms with Crippen molar-refractivity contribution >= 4 is 5.91 Å². The Balaban J connectivity index is 2.91. The van der Waals surface area contributed by atoms with Gasteiger partial charge in [-0.05, 0) is 17.4 Å². The molecule has 0 radical (unpaired) electrons. The Morgan fingerprint density at radius 3 is 2.12 bits per heavy atom. The Hall–Kier alpha value is -1.31. The van der Waals surface area contributed by atoms with Gasteiger partial charge in [0.05, 0.1) is 0 Å². The van der Waals surface area contributed by atoms with Gasteiger partial charge in [0.15, 0.2) is 0 Å². The van der Waals surface area contributed by atoms with Crippen molar-refractivity contribution in [1.82, 2.24) is 0 Å². The number of primary amides is 1. The van der Waals surface area contributed by atoms with Crippen LogP contribution in [0.1, 0.15) is 39.2 Å². The average molecular weight is 219 g/mol. The Morgan fingerprint density at radius 2 is 1.69 bits per heavy atom. The van der Waals surface area contributed by atoms with E-state index >= 15 is 0 Å². The standard InChI is InChI=1S/C14H21NO/c1-10(12-8-6-5-7-9-12)11(2)14(3,4)13(15)16/h5-11H,1-4H3,(H2,15,16). The molecule has 0 aliphatic rings. The van der Waals surface area contributed by atoms with Crippen LogP contribution in [-0.4, -0.2) is 5.91 Å². The summed E-state index contributed by atoms with van der Waals surface area (Å²) in [6.07, 6.45) is 0. The second-order valence-corrected chi connectivity index (χ2v) is 5.07. The summed E-state index contributed by atoms with van der Waals surface area (Å²) in [5, 5.41) is 0. The second-order valence-electron chi connectivity index (χ2n) is 5.07. The summed E-state index contributed by atoms with van der Waals surface area (Å²) < 4.78 is 0. The summed E-state index contributed by atoms with van der Waals surface area (Å²) in [6, 6.07) is 10.2. The highest BCUT2D eigenvalue weighted by Gasteiger charge is 2.35. The minimum Gasteiger partial charge on any atom is -0.369 e. The highest BCUT2D eigenvalue weighted by atomic mass is 16.1. The van der Waals surface area contributed by atoms with Gasteiger partial charge in [0.25, 0.3) is 0 Å². The van der Waals surface area contributed by atoms with E-state index in [0.29, 0.717) is 5.92 Å². The van der Waals surface area contributed by atoms with E-state index in [-0.39, 0.29) is 11.8 Å². The Kier molecular flexibility index (Phi) is 3.74. The summed E-state index contributed by atoms with van der Waals surface area (Å²) in [7, 11) is 0. The highest BCUT2D eigenvalue weighted by Crippen LogP contribution is 2.37. The molecule has 1 rings (SSSR count). The van der Waals surface area contributed by atoms with E-state index in [1.165, 1.54) is 5.56 Å². The van der Waals surface area contributed by atoms with Gasteiger partial charge in [0.1, 0.15) is 0 Å². The van der Waals surface area contributed by atoms with Gasteiger partial charge in [0.2, 0.25) is 5.91 Å². The Morgan fingerprint density at radius 1 is 1.19 bits per heavy atom. The quantitative estimate of drug-likeness (QED) is 0.831. The first kappa shape index (κ1) is 12.8. The summed E-state index contributed by atoms with van der Waals surface area (Å²) in [5.74, 6) is 0.305. The van der Waals surface area contributed by atoms with Crippen LogP contribution in [0, 0.1) is 11.3 Å². The molecule has 0 saturated heterocycles. The maximum absolute atomic E-state index is 11.4. The number of benzene rings is 1. The molecule has 0 bridgehead atoms. The molecule has 2 N–H and O–H groups in total. The fourth-order valence-electron chi connectivity index (χ4n) is 1.89. The van der Waals surface area contributed by atoms with Crippen LogP contribution in [0.25, 0.3) is 0 Å². The first-order valence-electron chi connectivity index (χ1n) is 5.72. The van der Waals surface area contributed by atoms with Gasteiger partial charge in [-0.1, -0.05) is 58.0 Å². The van der Waals surface area contributed by atoms with E-state index in [0.717, 1.165) is 0 Å². The van der Waals surface area contributed by atoms with Gasteiger partial charge in [-0.15, -0.1) is 0 Å². The lowest BCUT2D eigenvalue weighted by molar-refractivity contribution is -0.128. The largest absolute Gasteiger partial charge is 0.369 e. The molecule has 0 aliphatic carbocycles. The predicted octanol–water partition coefficient (Wildman–Crippen LogP) is 2.94. The van der Waals surface area contributed by atoms with Crippen LogP contribution in [-0.2, 0) is 4.79 Å². The van der Waals surface area contributed by atoms with Crippen molar-refractivity contribution in [3.63, 3.8) is 0 Å². The highest BCUT2D eigenvalue weighted by molar-refractivity contribution is 5.80. The Bertz CT molecular complexity index is 356. The first-order chi connectivity index (χ1) is 7.37. The molecule has 88 valence electrons. The third kappa shape index (κ3) is 2.43. The summed E-state index contributed by atoms with van der Waals surface area (Å²) in [5.41, 5.74) is 6.23. The topological polar surface area (TPSA) is 43.1 Å². The van der Waals surface area contributed by atoms with Crippen molar-refractivity contribution < 1.29 is 4.79 Å². The molecule has 2 unspecified atom stereocenters. The van der Waals surface area contributed by atoms with Crippen molar-refractivity contribution in [2.75, 3.05) is 0 Å². The average Bonchev–Trinajstić information content (AvgIpc) is 2.28. The third-order valence-electron chi connectivity index (χ3n) is 3.85. The number of nitrogens with two attached hydrogens (primary N) is 1. The monoisotopic (exact) mass is 219 g/mol. The maximum Gasteiger partial charge on any atom is 0.223 e. The molecule has 2 heteroatoms. The fourth-order valence-corrected chi connectivity index (χ4v) is 1.89. The smallest absolute Gasteiger partial charge is 0.223 e. The predicted molar refractivity (Wildman–Crippen MR) is 67.0 cm³/mol. The number of amides is 1. The van der Waals surface area contributed by atoms with Crippen LogP contribution in [0.2, 0.25) is 0 Å². The van der Waals surface area contributed by atoms with Crippen molar-refractivity contribution in [3.05, 3.63) is 35.9 Å². The second kappa shape index (κ2) is 4.69. The molecule has 0 aliphatic heterocycles. The van der Waals surface area contributed by atoms with Gasteiger partial charge in [-0.2, -0.15) is 0 Å². The molecule has 16 heavy (non-hydrogen) atoms. The molecule has 0 aromatic heterocycles. The van der Waals surface area contributed by atoms with Gasteiger partial charge in [-0.3, -0.25) is 4.79 Å². The molecular formula is C14H21NO. The van der Waals surface area contributed by atoms with Crippen LogP contribution in [0.15, 0.2) is 30.3 Å². The molecule has 0 fully saturated rings. The van der Waals surface area contributed by atoms with E-state index in [2.05, 4.69) is 26.0 Å². The van der Waals surface area contributed by atoms with Crippen molar-refractivity contribution in [2.45, 2.75) is 33.6 Å². The number of hydrogen-bond acceptors (Lipinski definition) is 1. The molecular weight excluding hydrogens is 198 g/mol. The SMILES string of the molecule is CC(c1ccccc1)C(C)C(C)(C)C(N)=O. The Labute approximate surface area is 97.9 Å². The minimum atomic E-state index is -0.477. The van der Waals surface area contributed by atoms with Crippen LogP contribution in [0.5, 0.6) is 0 Å². The third-order valence-corrected chi connectivity index (χ3v) is 3.85. The van der Waals surface area contributed by atoms with E-state index in [4.69, 9.17) is 5.73 Å². The minimum absolute atomic E-state index is 0.215. The molecule has 0 spiro atoms. The zero-order chi connectivity index (χ0) is 12.3. The first-order valence-corrected chi connectivity index (χ1v) is 5.72. The summed E-state index contributed by atoms with van der Waals surface area (Å²) in [4.78, 5) is 11.4. The fraction of sp³-hybridized carbons (Fsp3) is 0.500. The van der Waals surface area contributed by atoms with Crippen molar-refractivity contribution in [3.8, 4) is 0 Å². The maximum atomic E-state index is 11.4. The molecule has 0 saturated carbocycles. The lowest BCUT2D eigenvalue weighted by atomic mass is 9.71. The van der Waals surface area contributed by atoms with Gasteiger partial charge < -0.3 is 5.73 Å². The van der Waals surface area contributed by atoms with E-state index < -0.39 is 5.41 Å². The zero-order valence-electron chi connectivity index (χ0n) is 10.5. The number of carbonyl (C=O) groups is 1. The summed E-state index contributed by atoms with van der Waals surface area (Å²) in [6.45, 7) is 8.06. The number of rotatable bonds is 4. The lowest BCUT2D eigenvalue weighted by Gasteiger charge is -2.33. The van der Waals surface area contributed by atoms with Gasteiger partial charge in [0, 0.05) is 5.41 Å². The lowest BCUT2D eigenvalue weighted by Crippen LogP contribution is -2.39. The molecule has 0 heterocycles. The van der Waals surface area contributed by atoms with E-state index in [1.54, 1.807) is 0 Å². The number of hydrogen-bond donors (Lipinski definition) is 1. The number of carbonyl (C=O) groups excluding carboxylic acids is 1. The van der Waals surface area contributed by atoms with Crippen LogP contribution >= 0.6 is 0 Å². The van der Waals surface area contributed by atoms with Gasteiger partial charge >= 0.3 is 0 Å². The van der Waals surface area contributed by atoms with E-state index in [1.807, 2.05) is 32.0 Å². The normalized spacial score (nSPS) is 15.5. The molecule has 2 atom stereocenters. The molecule has 1 amide bonds. The van der Waals surface area contributed by atoms with Crippen molar-refractivity contribution in [2.24, 2.45) is 17.1 Å². The van der Waals surface area contributed by atoms with Crippen LogP contribution in [0.4, 0.5) is 0 Å². The van der Waals surface area contributed by atoms with Crippen LogP contribution in [0.3, 0.4) is 0 Å². The molecule has 2 nitrogen and oxygen atoms in total.